The summed E-state index contributed by atoms with van der Waals surface area (Å²) in [4.78, 5) is 17.6. The summed E-state index contributed by atoms with van der Waals surface area (Å²) in [6.07, 6.45) is 1.91. The van der Waals surface area contributed by atoms with Crippen LogP contribution in [0.15, 0.2) is 10.6 Å². The van der Waals surface area contributed by atoms with E-state index in [4.69, 9.17) is 4.42 Å². The first kappa shape index (κ1) is 10.2. The van der Waals surface area contributed by atoms with Gasteiger partial charge in [-0.3, -0.25) is 4.79 Å². The summed E-state index contributed by atoms with van der Waals surface area (Å²) in [5, 5.41) is 3.20. The van der Waals surface area contributed by atoms with Crippen molar-refractivity contribution in [3.05, 3.63) is 17.8 Å². The highest BCUT2D eigenvalue weighted by atomic mass is 16.4. The molecule has 1 aromatic heterocycles. The van der Waals surface area contributed by atoms with Gasteiger partial charge in [-0.1, -0.05) is 0 Å². The summed E-state index contributed by atoms with van der Waals surface area (Å²) in [6.45, 7) is 5.12. The molecule has 2 heterocycles. The highest BCUT2D eigenvalue weighted by molar-refractivity contribution is 5.77. The fraction of sp³-hybridized carbons (Fsp3) is 0.600. The maximum absolute atomic E-state index is 11.8. The Morgan fingerprint density at radius 3 is 2.93 bits per heavy atom. The molecule has 0 aromatic carbocycles. The smallest absolute Gasteiger partial charge is 0.232 e. The van der Waals surface area contributed by atoms with Crippen molar-refractivity contribution in [2.45, 2.75) is 13.3 Å². The molecule has 1 N–H and O–H groups in total. The summed E-state index contributed by atoms with van der Waals surface area (Å²) in [6, 6.07) is 0. The van der Waals surface area contributed by atoms with E-state index >= 15 is 0 Å². The molecule has 5 nitrogen and oxygen atoms in total. The molecular formula is C10H15N3O2. The average Bonchev–Trinajstić information content (AvgIpc) is 2.65. The van der Waals surface area contributed by atoms with Gasteiger partial charge in [0.05, 0.1) is 6.20 Å². The highest BCUT2D eigenvalue weighted by Crippen LogP contribution is 2.05. The van der Waals surface area contributed by atoms with Crippen LogP contribution in [0.1, 0.15) is 11.7 Å². The van der Waals surface area contributed by atoms with E-state index in [1.54, 1.807) is 6.20 Å². The van der Waals surface area contributed by atoms with Crippen LogP contribution >= 0.6 is 0 Å². The number of carbonyl (C=O) groups excluding carboxylic acids is 1. The molecule has 5 heteroatoms. The van der Waals surface area contributed by atoms with E-state index < -0.39 is 0 Å². The van der Waals surface area contributed by atoms with Crippen molar-refractivity contribution in [3.63, 3.8) is 0 Å². The zero-order chi connectivity index (χ0) is 10.7. The lowest BCUT2D eigenvalue weighted by molar-refractivity contribution is -0.131. The maximum atomic E-state index is 11.8. The van der Waals surface area contributed by atoms with Gasteiger partial charge >= 0.3 is 0 Å². The predicted octanol–water partition coefficient (Wildman–Crippen LogP) is -0.0427. The Kier molecular flexibility index (Phi) is 3.01. The maximum Gasteiger partial charge on any atom is 0.232 e. The first-order valence-electron chi connectivity index (χ1n) is 5.15. The van der Waals surface area contributed by atoms with Gasteiger partial charge in [-0.05, 0) is 6.92 Å². The van der Waals surface area contributed by atoms with Gasteiger partial charge < -0.3 is 14.6 Å². The van der Waals surface area contributed by atoms with Crippen LogP contribution in [-0.2, 0) is 11.2 Å². The number of nitrogens with one attached hydrogen (secondary N) is 1. The molecule has 0 unspecified atom stereocenters. The van der Waals surface area contributed by atoms with Crippen LogP contribution in [0.25, 0.3) is 0 Å². The number of aromatic nitrogens is 1. The van der Waals surface area contributed by atoms with Gasteiger partial charge in [-0.2, -0.15) is 0 Å². The van der Waals surface area contributed by atoms with Crippen molar-refractivity contribution in [3.8, 4) is 0 Å². The monoisotopic (exact) mass is 209 g/mol. The molecule has 0 saturated carbocycles. The van der Waals surface area contributed by atoms with Gasteiger partial charge in [-0.25, -0.2) is 4.98 Å². The van der Waals surface area contributed by atoms with E-state index in [0.29, 0.717) is 5.89 Å². The van der Waals surface area contributed by atoms with Crippen LogP contribution in [0.4, 0.5) is 0 Å². The number of nitrogens with zero attached hydrogens (tertiary/aromatic N) is 2. The second-order valence-electron chi connectivity index (χ2n) is 3.67. The summed E-state index contributed by atoms with van der Waals surface area (Å²) >= 11 is 0. The molecule has 1 fully saturated rings. The molecular weight excluding hydrogens is 194 g/mol. The fourth-order valence-electron chi connectivity index (χ4n) is 1.64. The van der Waals surface area contributed by atoms with Gasteiger partial charge in [0.15, 0.2) is 0 Å². The molecule has 1 aliphatic rings. The minimum Gasteiger partial charge on any atom is -0.445 e. The van der Waals surface area contributed by atoms with Crippen LogP contribution < -0.4 is 5.32 Å². The number of hydrogen-bond donors (Lipinski definition) is 1. The minimum atomic E-state index is 0.0957. The van der Waals surface area contributed by atoms with E-state index in [0.717, 1.165) is 31.9 Å². The lowest BCUT2D eigenvalue weighted by Gasteiger charge is -2.26. The third-order valence-electron chi connectivity index (χ3n) is 2.44. The molecule has 1 amide bonds. The van der Waals surface area contributed by atoms with Crippen molar-refractivity contribution in [1.82, 2.24) is 15.2 Å². The van der Waals surface area contributed by atoms with Crippen molar-refractivity contribution in [1.29, 1.82) is 0 Å². The zero-order valence-electron chi connectivity index (χ0n) is 8.82. The molecule has 1 aromatic rings. The van der Waals surface area contributed by atoms with Crippen LogP contribution in [0.2, 0.25) is 0 Å². The molecule has 1 saturated heterocycles. The number of carbonyl (C=O) groups is 1. The number of piperazine rings is 1. The summed E-state index contributed by atoms with van der Waals surface area (Å²) in [5.74, 6) is 1.35. The Bertz CT molecular complexity index is 342. The molecule has 0 bridgehead atoms. The van der Waals surface area contributed by atoms with E-state index in [9.17, 15) is 4.79 Å². The normalized spacial score (nSPS) is 16.7. The first-order valence-corrected chi connectivity index (χ1v) is 5.15. The van der Waals surface area contributed by atoms with Gasteiger partial charge in [0.2, 0.25) is 11.8 Å². The zero-order valence-corrected chi connectivity index (χ0v) is 8.82. The second kappa shape index (κ2) is 4.44. The van der Waals surface area contributed by atoms with Crippen molar-refractivity contribution in [2.24, 2.45) is 0 Å². The Morgan fingerprint density at radius 1 is 1.60 bits per heavy atom. The number of oxazole rings is 1. The Morgan fingerprint density at radius 2 is 2.33 bits per heavy atom. The van der Waals surface area contributed by atoms with Crippen molar-refractivity contribution < 1.29 is 9.21 Å². The Balaban J connectivity index is 1.91. The van der Waals surface area contributed by atoms with Crippen LogP contribution in [0.5, 0.6) is 0 Å². The number of hydrogen-bond acceptors (Lipinski definition) is 4. The summed E-state index contributed by atoms with van der Waals surface area (Å²) < 4.78 is 5.27. The lowest BCUT2D eigenvalue weighted by atomic mass is 10.3. The standard InChI is InChI=1S/C10H15N3O2/c1-8-7-12-9(15-8)6-10(14)13-4-2-11-3-5-13/h7,11H,2-6H2,1H3. The molecule has 2 rings (SSSR count). The molecule has 82 valence electrons. The largest absolute Gasteiger partial charge is 0.445 e. The third kappa shape index (κ3) is 2.56. The second-order valence-corrected chi connectivity index (χ2v) is 3.67. The van der Waals surface area contributed by atoms with E-state index in [2.05, 4.69) is 10.3 Å². The number of rotatable bonds is 2. The molecule has 0 atom stereocenters. The van der Waals surface area contributed by atoms with Crippen LogP contribution in [0.3, 0.4) is 0 Å². The summed E-state index contributed by atoms with van der Waals surface area (Å²) in [7, 11) is 0. The Hall–Kier alpha value is -1.36. The van der Waals surface area contributed by atoms with Gasteiger partial charge in [0.25, 0.3) is 0 Å². The van der Waals surface area contributed by atoms with Crippen molar-refractivity contribution in [2.75, 3.05) is 26.2 Å². The van der Waals surface area contributed by atoms with Crippen LogP contribution in [0, 0.1) is 6.92 Å². The quantitative estimate of drug-likeness (QED) is 0.742. The van der Waals surface area contributed by atoms with E-state index in [-0.39, 0.29) is 12.3 Å². The molecule has 0 aliphatic carbocycles. The molecule has 15 heavy (non-hydrogen) atoms. The molecule has 0 spiro atoms. The topological polar surface area (TPSA) is 58.4 Å². The lowest BCUT2D eigenvalue weighted by Crippen LogP contribution is -2.46. The first-order chi connectivity index (χ1) is 7.25. The average molecular weight is 209 g/mol. The fourth-order valence-corrected chi connectivity index (χ4v) is 1.64. The van der Waals surface area contributed by atoms with Crippen LogP contribution in [-0.4, -0.2) is 42.0 Å². The highest BCUT2D eigenvalue weighted by Gasteiger charge is 2.18. The van der Waals surface area contributed by atoms with Gasteiger partial charge in [0.1, 0.15) is 12.2 Å². The van der Waals surface area contributed by atoms with Gasteiger partial charge in [0, 0.05) is 26.2 Å². The van der Waals surface area contributed by atoms with E-state index in [1.165, 1.54) is 0 Å². The SMILES string of the molecule is Cc1cnc(CC(=O)N2CCNCC2)o1. The number of aryl methyl sites for hydroxylation is 1. The third-order valence-corrected chi connectivity index (χ3v) is 2.44. The summed E-state index contributed by atoms with van der Waals surface area (Å²) in [5.41, 5.74) is 0. The molecule has 1 aliphatic heterocycles. The van der Waals surface area contributed by atoms with E-state index in [1.807, 2.05) is 11.8 Å². The minimum absolute atomic E-state index is 0.0957. The molecule has 0 radical (unpaired) electrons. The Labute approximate surface area is 88.5 Å². The predicted molar refractivity (Wildman–Crippen MR) is 54.4 cm³/mol. The van der Waals surface area contributed by atoms with Gasteiger partial charge in [-0.15, -0.1) is 0 Å². The van der Waals surface area contributed by atoms with Crippen molar-refractivity contribution >= 4 is 5.91 Å². The number of amides is 1.